The highest BCUT2D eigenvalue weighted by molar-refractivity contribution is 5.96. The first-order chi connectivity index (χ1) is 26.5. The Hall–Kier alpha value is -6.48. The number of hydrogen-bond donors (Lipinski definition) is 1. The van der Waals surface area contributed by atoms with Gasteiger partial charge in [0.2, 0.25) is 11.9 Å². The summed E-state index contributed by atoms with van der Waals surface area (Å²) in [5, 5.41) is 16.6. The maximum Gasteiger partial charge on any atom is 0.259 e. The first-order valence-electron chi connectivity index (χ1n) is 18.6. The highest BCUT2D eigenvalue weighted by atomic mass is 16.2. The number of unbranched alkanes of at least 4 members (excludes halogenated alkanes) is 1. The fourth-order valence-corrected chi connectivity index (χ4v) is 7.82. The van der Waals surface area contributed by atoms with Gasteiger partial charge in [-0.2, -0.15) is 0 Å². The van der Waals surface area contributed by atoms with Crippen LogP contribution in [0.3, 0.4) is 0 Å². The van der Waals surface area contributed by atoms with Crippen molar-refractivity contribution in [2.24, 2.45) is 0 Å². The Morgan fingerprint density at radius 1 is 0.704 bits per heavy atom. The number of fused-ring (bicyclic) bond motifs is 1. The lowest BCUT2D eigenvalue weighted by atomic mass is 9.77. The number of aryl methyl sites for hydroxylation is 1. The Balaban J connectivity index is 1.22. The Morgan fingerprint density at radius 2 is 1.28 bits per heavy atom. The van der Waals surface area contributed by atoms with Gasteiger partial charge in [-0.15, -0.1) is 5.10 Å². The van der Waals surface area contributed by atoms with Gasteiger partial charge in [0.15, 0.2) is 5.82 Å². The minimum atomic E-state index is -0.885. The number of amides is 1. The number of hydrogen-bond acceptors (Lipinski definition) is 6. The van der Waals surface area contributed by atoms with E-state index in [1.807, 2.05) is 78.3 Å². The van der Waals surface area contributed by atoms with E-state index in [9.17, 15) is 9.59 Å². The molecule has 1 N–H and O–H groups in total. The third kappa shape index (κ3) is 6.01. The van der Waals surface area contributed by atoms with Crippen LogP contribution in [0.1, 0.15) is 72.7 Å². The molecule has 9 heteroatoms. The molecule has 1 aliphatic heterocycles. The SMILES string of the molecule is CCCCc1nc2n(c(=O)c1Cc1ccc(-c3ccccc3-c3nnnn3C(c3ccccc3)(c3ccccc3)c3ccccc3)cc1)C(CC)C(=O)N2. The van der Waals surface area contributed by atoms with Crippen LogP contribution >= 0.6 is 0 Å². The van der Waals surface area contributed by atoms with Gasteiger partial charge in [0.25, 0.3) is 5.56 Å². The molecule has 9 nitrogen and oxygen atoms in total. The van der Waals surface area contributed by atoms with Gasteiger partial charge in [0.05, 0.1) is 5.69 Å². The van der Waals surface area contributed by atoms with Gasteiger partial charge in [0, 0.05) is 17.5 Å². The molecule has 1 aliphatic rings. The van der Waals surface area contributed by atoms with E-state index < -0.39 is 11.6 Å². The molecular formula is C45H41N7O2. The van der Waals surface area contributed by atoms with Crippen LogP contribution in [-0.2, 0) is 23.2 Å². The largest absolute Gasteiger partial charge is 0.294 e. The van der Waals surface area contributed by atoms with Gasteiger partial charge < -0.3 is 0 Å². The van der Waals surface area contributed by atoms with Crippen LogP contribution in [0.25, 0.3) is 22.5 Å². The number of nitrogens with one attached hydrogen (secondary N) is 1. The predicted octanol–water partition coefficient (Wildman–Crippen LogP) is 8.24. The van der Waals surface area contributed by atoms with Crippen LogP contribution < -0.4 is 10.9 Å². The summed E-state index contributed by atoms with van der Waals surface area (Å²) >= 11 is 0. The summed E-state index contributed by atoms with van der Waals surface area (Å²) in [6.07, 6.45) is 3.50. The predicted molar refractivity (Wildman–Crippen MR) is 211 cm³/mol. The second kappa shape index (κ2) is 14.9. The minimum Gasteiger partial charge on any atom is -0.294 e. The van der Waals surface area contributed by atoms with Crippen molar-refractivity contribution in [3.63, 3.8) is 0 Å². The van der Waals surface area contributed by atoms with E-state index in [0.29, 0.717) is 36.6 Å². The zero-order valence-electron chi connectivity index (χ0n) is 30.4. The van der Waals surface area contributed by atoms with E-state index in [1.54, 1.807) is 4.57 Å². The van der Waals surface area contributed by atoms with Crippen molar-refractivity contribution in [3.05, 3.63) is 183 Å². The molecule has 0 aliphatic carbocycles. The van der Waals surface area contributed by atoms with Crippen molar-refractivity contribution in [3.8, 4) is 22.5 Å². The van der Waals surface area contributed by atoms with Crippen LogP contribution in [0.2, 0.25) is 0 Å². The Bertz CT molecular complexity index is 2360. The summed E-state index contributed by atoms with van der Waals surface area (Å²) in [4.78, 5) is 31.4. The average Bonchev–Trinajstić information content (AvgIpc) is 3.84. The van der Waals surface area contributed by atoms with E-state index in [-0.39, 0.29) is 11.5 Å². The molecule has 0 spiro atoms. The number of rotatable bonds is 12. The molecule has 1 unspecified atom stereocenters. The molecule has 0 saturated carbocycles. The van der Waals surface area contributed by atoms with E-state index >= 15 is 0 Å². The van der Waals surface area contributed by atoms with Crippen molar-refractivity contribution >= 4 is 11.9 Å². The molecule has 8 rings (SSSR count). The van der Waals surface area contributed by atoms with E-state index in [4.69, 9.17) is 15.3 Å². The molecule has 3 heterocycles. The van der Waals surface area contributed by atoms with Crippen molar-refractivity contribution < 1.29 is 4.79 Å². The fraction of sp³-hybridized carbons (Fsp3) is 0.200. The van der Waals surface area contributed by atoms with Gasteiger partial charge >= 0.3 is 0 Å². The molecule has 0 saturated heterocycles. The summed E-state index contributed by atoms with van der Waals surface area (Å²) in [5.41, 5.74) is 7.29. The third-order valence-electron chi connectivity index (χ3n) is 10.5. The summed E-state index contributed by atoms with van der Waals surface area (Å²) in [6, 6.07) is 47.1. The van der Waals surface area contributed by atoms with Crippen molar-refractivity contribution in [1.82, 2.24) is 29.8 Å². The molecule has 54 heavy (non-hydrogen) atoms. The molecule has 0 bridgehead atoms. The number of aromatic nitrogens is 6. The maximum absolute atomic E-state index is 14.0. The molecule has 1 atom stereocenters. The summed E-state index contributed by atoms with van der Waals surface area (Å²) < 4.78 is 3.50. The van der Waals surface area contributed by atoms with Crippen LogP contribution in [0, 0.1) is 0 Å². The van der Waals surface area contributed by atoms with E-state index in [2.05, 4.69) is 90.3 Å². The highest BCUT2D eigenvalue weighted by Crippen LogP contribution is 2.43. The normalized spacial score (nSPS) is 13.8. The standard InChI is InChI=1S/C45H41N7O2/c1-3-5-25-39-38(43(54)51-40(4-2)42(53)47-44(51)46-39)30-31-26-28-32(29-27-31)36-23-15-16-24-37(36)41-48-49-50-52(41)45(33-17-9-6-10-18-33,34-19-11-7-12-20-34)35-21-13-8-14-22-35/h6-24,26-29,40H,3-5,25,30H2,1-2H3,(H,46,47,53). The number of nitrogens with zero attached hydrogens (tertiary/aromatic N) is 6. The molecule has 7 aromatic rings. The monoisotopic (exact) mass is 711 g/mol. The lowest BCUT2D eigenvalue weighted by Crippen LogP contribution is -2.39. The molecule has 268 valence electrons. The summed E-state index contributed by atoms with van der Waals surface area (Å²) in [6.45, 7) is 4.03. The number of carbonyl (C=O) groups excluding carboxylic acids is 1. The summed E-state index contributed by atoms with van der Waals surface area (Å²) in [7, 11) is 0. The lowest BCUT2D eigenvalue weighted by molar-refractivity contribution is -0.118. The van der Waals surface area contributed by atoms with Crippen LogP contribution in [-0.4, -0.2) is 35.7 Å². The van der Waals surface area contributed by atoms with Crippen LogP contribution in [0.4, 0.5) is 5.95 Å². The molecule has 1 amide bonds. The van der Waals surface area contributed by atoms with E-state index in [1.165, 1.54) is 0 Å². The van der Waals surface area contributed by atoms with Gasteiger partial charge in [-0.3, -0.25) is 19.5 Å². The van der Waals surface area contributed by atoms with Crippen LogP contribution in [0.5, 0.6) is 0 Å². The van der Waals surface area contributed by atoms with E-state index in [0.717, 1.165) is 57.5 Å². The number of tetrazole rings is 1. The van der Waals surface area contributed by atoms with Crippen molar-refractivity contribution in [2.45, 2.75) is 57.5 Å². The Kier molecular flexibility index (Phi) is 9.53. The first kappa shape index (κ1) is 34.6. The zero-order valence-corrected chi connectivity index (χ0v) is 30.4. The Labute approximate surface area is 314 Å². The Morgan fingerprint density at radius 3 is 1.85 bits per heavy atom. The van der Waals surface area contributed by atoms with Gasteiger partial charge in [-0.1, -0.05) is 160 Å². The summed E-state index contributed by atoms with van der Waals surface area (Å²) in [5.74, 6) is 0.803. The molecule has 2 aromatic heterocycles. The zero-order chi connectivity index (χ0) is 37.1. The van der Waals surface area contributed by atoms with Crippen LogP contribution in [0.15, 0.2) is 144 Å². The third-order valence-corrected chi connectivity index (χ3v) is 10.5. The second-order valence-corrected chi connectivity index (χ2v) is 13.7. The van der Waals surface area contributed by atoms with Crippen molar-refractivity contribution in [2.75, 3.05) is 5.32 Å². The average molecular weight is 712 g/mol. The topological polar surface area (TPSA) is 108 Å². The van der Waals surface area contributed by atoms with Gasteiger partial charge in [-0.25, -0.2) is 9.67 Å². The smallest absolute Gasteiger partial charge is 0.259 e. The van der Waals surface area contributed by atoms with Gasteiger partial charge in [-0.05, 0) is 63.1 Å². The fourth-order valence-electron chi connectivity index (χ4n) is 7.82. The second-order valence-electron chi connectivity index (χ2n) is 13.7. The quantitative estimate of drug-likeness (QED) is 0.128. The van der Waals surface area contributed by atoms with Gasteiger partial charge in [0.1, 0.15) is 11.6 Å². The number of carbonyl (C=O) groups is 1. The number of benzene rings is 5. The lowest BCUT2D eigenvalue weighted by Gasteiger charge is -2.36. The maximum atomic E-state index is 14.0. The molecule has 0 fully saturated rings. The minimum absolute atomic E-state index is 0.142. The highest BCUT2D eigenvalue weighted by Gasteiger charge is 2.42. The molecule has 0 radical (unpaired) electrons. The molecule has 5 aromatic carbocycles. The van der Waals surface area contributed by atoms with Crippen molar-refractivity contribution in [1.29, 1.82) is 0 Å². The number of anilines is 1. The first-order valence-corrected chi connectivity index (χ1v) is 18.6. The molecular weight excluding hydrogens is 671 g/mol.